The van der Waals surface area contributed by atoms with E-state index in [2.05, 4.69) is 36.1 Å². The number of nitrogens with two attached hydrogens (primary N) is 1. The number of hydrogen-bond donors (Lipinski definition) is 2. The van der Waals surface area contributed by atoms with Crippen LogP contribution in [-0.2, 0) is 5.54 Å². The Bertz CT molecular complexity index is 1050. The minimum Gasteiger partial charge on any atom is -0.341 e. The van der Waals surface area contributed by atoms with Crippen LogP contribution < -0.4 is 10.6 Å². The molecular weight excluding hydrogens is 420 g/mol. The van der Waals surface area contributed by atoms with Crippen LogP contribution in [0.1, 0.15) is 24.1 Å². The fourth-order valence-corrected chi connectivity index (χ4v) is 3.88. The van der Waals surface area contributed by atoms with E-state index in [0.29, 0.717) is 47.5 Å². The summed E-state index contributed by atoms with van der Waals surface area (Å²) >= 11 is 3.28. The third kappa shape index (κ3) is 2.93. The van der Waals surface area contributed by atoms with E-state index in [1.807, 2.05) is 11.0 Å². The number of nitrogens with zero attached hydrogens (tertiary/aromatic N) is 5. The number of aromatic nitrogens is 4. The molecule has 7 nitrogen and oxygen atoms in total. The van der Waals surface area contributed by atoms with Crippen molar-refractivity contribution in [3.05, 3.63) is 45.7 Å². The maximum atomic E-state index is 14.2. The molecule has 1 aromatic carbocycles. The van der Waals surface area contributed by atoms with Gasteiger partial charge in [0.05, 0.1) is 10.9 Å². The normalized spacial score (nSPS) is 16.5. The summed E-state index contributed by atoms with van der Waals surface area (Å²) < 4.78 is 28.9. The highest BCUT2D eigenvalue weighted by Gasteiger charge is 2.37. The van der Waals surface area contributed by atoms with Gasteiger partial charge in [-0.2, -0.15) is 15.3 Å². The van der Waals surface area contributed by atoms with Gasteiger partial charge < -0.3 is 10.6 Å². The van der Waals surface area contributed by atoms with E-state index in [9.17, 15) is 14.0 Å². The molecule has 0 radical (unpaired) electrons. The third-order valence-corrected chi connectivity index (χ3v) is 5.44. The predicted octanol–water partition coefficient (Wildman–Crippen LogP) is 2.72. The number of fused-ring (bicyclic) bond motifs is 1. The number of nitrogens with one attached hydrogen (secondary N) is 1. The zero-order valence-electron chi connectivity index (χ0n) is 14.0. The second-order valence-electron chi connectivity index (χ2n) is 6.46. The van der Waals surface area contributed by atoms with Gasteiger partial charge in [-0.3, -0.25) is 5.10 Å². The molecule has 1 fully saturated rings. The number of benzene rings is 1. The molecule has 138 valence electrons. The number of aromatic amines is 1. The molecule has 3 heterocycles. The molecule has 27 heavy (non-hydrogen) atoms. The fraction of sp³-hybridized carbons (Fsp3) is 0.294. The van der Waals surface area contributed by atoms with Crippen molar-refractivity contribution in [2.24, 2.45) is 5.73 Å². The first-order valence-corrected chi connectivity index (χ1v) is 9.02. The van der Waals surface area contributed by atoms with Crippen molar-refractivity contribution in [2.75, 3.05) is 18.0 Å². The van der Waals surface area contributed by atoms with Crippen molar-refractivity contribution in [3.8, 4) is 6.07 Å². The molecule has 0 saturated carbocycles. The standard InChI is InChI=1S/C17H14BrF2N7/c18-14-12-11(8-21)23-16(24-15(12)26-25-14)27-6-4-17(22,5-7-27)13-9(19)2-1-3-10(13)20/h1-3H,4-7,22H2,(H,23,24,25,26). The van der Waals surface area contributed by atoms with Crippen molar-refractivity contribution >= 4 is 32.9 Å². The van der Waals surface area contributed by atoms with Crippen LogP contribution >= 0.6 is 15.9 Å². The van der Waals surface area contributed by atoms with Crippen LogP contribution in [0.4, 0.5) is 14.7 Å². The van der Waals surface area contributed by atoms with Crippen molar-refractivity contribution in [1.29, 1.82) is 5.26 Å². The number of piperidine rings is 1. The van der Waals surface area contributed by atoms with Crippen molar-refractivity contribution in [3.63, 3.8) is 0 Å². The maximum absolute atomic E-state index is 14.2. The summed E-state index contributed by atoms with van der Waals surface area (Å²) in [5.41, 5.74) is 5.72. The first-order valence-electron chi connectivity index (χ1n) is 8.23. The topological polar surface area (TPSA) is 108 Å². The molecule has 0 unspecified atom stereocenters. The van der Waals surface area contributed by atoms with Crippen LogP contribution in [0.15, 0.2) is 22.8 Å². The Morgan fingerprint density at radius 1 is 1.22 bits per heavy atom. The van der Waals surface area contributed by atoms with Crippen LogP contribution in [0, 0.1) is 23.0 Å². The van der Waals surface area contributed by atoms with Crippen molar-refractivity contribution in [1.82, 2.24) is 20.2 Å². The van der Waals surface area contributed by atoms with Gasteiger partial charge >= 0.3 is 0 Å². The molecular formula is C17H14BrF2N7. The predicted molar refractivity (Wildman–Crippen MR) is 97.8 cm³/mol. The number of nitriles is 1. The van der Waals surface area contributed by atoms with Crippen molar-refractivity contribution in [2.45, 2.75) is 18.4 Å². The molecule has 1 aliphatic heterocycles. The molecule has 3 aromatic rings. The Morgan fingerprint density at radius 2 is 1.89 bits per heavy atom. The zero-order chi connectivity index (χ0) is 19.2. The number of halogens is 3. The average molecular weight is 434 g/mol. The Balaban J connectivity index is 1.63. The minimum atomic E-state index is -1.11. The molecule has 0 spiro atoms. The second-order valence-corrected chi connectivity index (χ2v) is 7.25. The first kappa shape index (κ1) is 17.8. The number of H-pyrrole nitrogens is 1. The second kappa shape index (κ2) is 6.51. The quantitative estimate of drug-likeness (QED) is 0.643. The van der Waals surface area contributed by atoms with Gasteiger partial charge in [0.1, 0.15) is 22.3 Å². The molecule has 3 N–H and O–H groups in total. The van der Waals surface area contributed by atoms with Crippen LogP contribution in [0.5, 0.6) is 0 Å². The van der Waals surface area contributed by atoms with Crippen LogP contribution in [0.25, 0.3) is 11.0 Å². The van der Waals surface area contributed by atoms with Gasteiger partial charge in [-0.05, 0) is 40.9 Å². The summed E-state index contributed by atoms with van der Waals surface area (Å²) in [6.45, 7) is 0.790. The number of hydrogen-bond acceptors (Lipinski definition) is 6. The van der Waals surface area contributed by atoms with Gasteiger partial charge in [-0.15, -0.1) is 0 Å². The molecule has 4 rings (SSSR count). The van der Waals surface area contributed by atoms with Crippen LogP contribution in [-0.4, -0.2) is 33.3 Å². The fourth-order valence-electron chi connectivity index (χ4n) is 3.43. The summed E-state index contributed by atoms with van der Waals surface area (Å²) in [5, 5.41) is 16.7. The smallest absolute Gasteiger partial charge is 0.228 e. The highest BCUT2D eigenvalue weighted by molar-refractivity contribution is 9.10. The number of rotatable bonds is 2. The molecule has 10 heteroatoms. The third-order valence-electron chi connectivity index (χ3n) is 4.86. The van der Waals surface area contributed by atoms with E-state index < -0.39 is 17.2 Å². The lowest BCUT2D eigenvalue weighted by atomic mass is 9.81. The van der Waals surface area contributed by atoms with Gasteiger partial charge in [-0.1, -0.05) is 6.07 Å². The SMILES string of the molecule is N#Cc1nc(N2CCC(N)(c3c(F)cccc3F)CC2)nc2n[nH]c(Br)c12. The monoisotopic (exact) mass is 433 g/mol. The largest absolute Gasteiger partial charge is 0.341 e. The highest BCUT2D eigenvalue weighted by atomic mass is 79.9. The summed E-state index contributed by atoms with van der Waals surface area (Å²) in [6.07, 6.45) is 0.636. The van der Waals surface area contributed by atoms with E-state index in [1.54, 1.807) is 0 Å². The van der Waals surface area contributed by atoms with Gasteiger partial charge in [0.2, 0.25) is 5.95 Å². The summed E-state index contributed by atoms with van der Waals surface area (Å²) in [6, 6.07) is 5.79. The van der Waals surface area contributed by atoms with Gasteiger partial charge in [0.15, 0.2) is 11.3 Å². The van der Waals surface area contributed by atoms with Crippen molar-refractivity contribution < 1.29 is 8.78 Å². The Hall–Kier alpha value is -2.64. The molecule has 0 atom stereocenters. The van der Waals surface area contributed by atoms with Gasteiger partial charge in [-0.25, -0.2) is 13.8 Å². The first-order chi connectivity index (χ1) is 12.9. The van der Waals surface area contributed by atoms with E-state index in [-0.39, 0.29) is 11.3 Å². The lowest BCUT2D eigenvalue weighted by Crippen LogP contribution is -2.49. The average Bonchev–Trinajstić information content (AvgIpc) is 3.02. The van der Waals surface area contributed by atoms with E-state index >= 15 is 0 Å². The summed E-state index contributed by atoms with van der Waals surface area (Å²) in [5.74, 6) is -0.942. The summed E-state index contributed by atoms with van der Waals surface area (Å²) in [4.78, 5) is 10.5. The number of anilines is 1. The molecule has 2 aromatic heterocycles. The maximum Gasteiger partial charge on any atom is 0.228 e. The molecule has 0 amide bonds. The Kier molecular flexibility index (Phi) is 4.28. The lowest BCUT2D eigenvalue weighted by Gasteiger charge is -2.39. The van der Waals surface area contributed by atoms with Gasteiger partial charge in [0.25, 0.3) is 0 Å². The van der Waals surface area contributed by atoms with E-state index in [0.717, 1.165) is 0 Å². The molecule has 1 aliphatic rings. The lowest BCUT2D eigenvalue weighted by molar-refractivity contribution is 0.315. The molecule has 1 saturated heterocycles. The highest BCUT2D eigenvalue weighted by Crippen LogP contribution is 2.35. The zero-order valence-corrected chi connectivity index (χ0v) is 15.6. The van der Waals surface area contributed by atoms with E-state index in [4.69, 9.17) is 5.73 Å². The minimum absolute atomic E-state index is 0.0880. The van der Waals surface area contributed by atoms with Crippen LogP contribution in [0.2, 0.25) is 0 Å². The van der Waals surface area contributed by atoms with Crippen LogP contribution in [0.3, 0.4) is 0 Å². The Morgan fingerprint density at radius 3 is 2.52 bits per heavy atom. The Labute approximate surface area is 161 Å². The molecule has 0 bridgehead atoms. The van der Waals surface area contributed by atoms with E-state index in [1.165, 1.54) is 18.2 Å². The van der Waals surface area contributed by atoms with Gasteiger partial charge in [0, 0.05) is 18.7 Å². The molecule has 0 aliphatic carbocycles. The summed E-state index contributed by atoms with van der Waals surface area (Å²) in [7, 11) is 0.